The number of hydrogen-bond acceptors (Lipinski definition) is 4. The number of nitrogens with two attached hydrogens (primary N) is 1. The largest absolute Gasteiger partial charge is 0.349 e. The molecular formula is C16H23N3S. The van der Waals surface area contributed by atoms with Crippen molar-refractivity contribution in [2.24, 2.45) is 5.73 Å². The van der Waals surface area contributed by atoms with Crippen molar-refractivity contribution in [3.05, 3.63) is 46.3 Å². The molecule has 2 aromatic rings. The van der Waals surface area contributed by atoms with Crippen LogP contribution in [0.2, 0.25) is 0 Å². The predicted molar refractivity (Wildman–Crippen MR) is 87.2 cm³/mol. The maximum atomic E-state index is 5.82. The van der Waals surface area contributed by atoms with Gasteiger partial charge in [0.15, 0.2) is 0 Å². The summed E-state index contributed by atoms with van der Waals surface area (Å²) in [7, 11) is 0. The van der Waals surface area contributed by atoms with Gasteiger partial charge in [-0.3, -0.25) is 0 Å². The van der Waals surface area contributed by atoms with E-state index in [-0.39, 0.29) is 6.04 Å². The SMILES string of the molecule is CC(N)Cc1ccc(N(Cc2cccs2)C(C)C)nc1. The number of aromatic nitrogens is 1. The summed E-state index contributed by atoms with van der Waals surface area (Å²) in [5.41, 5.74) is 7.02. The van der Waals surface area contributed by atoms with Crippen LogP contribution >= 0.6 is 11.3 Å². The number of pyridine rings is 1. The molecule has 0 bridgehead atoms. The Balaban J connectivity index is 2.13. The summed E-state index contributed by atoms with van der Waals surface area (Å²) in [4.78, 5) is 8.29. The molecular weight excluding hydrogens is 266 g/mol. The fraction of sp³-hybridized carbons (Fsp3) is 0.438. The molecule has 0 saturated carbocycles. The van der Waals surface area contributed by atoms with Crippen molar-refractivity contribution in [2.45, 2.75) is 45.8 Å². The van der Waals surface area contributed by atoms with Crippen molar-refractivity contribution in [2.75, 3.05) is 4.90 Å². The molecule has 0 aromatic carbocycles. The minimum absolute atomic E-state index is 0.176. The van der Waals surface area contributed by atoms with Crippen LogP contribution in [0.5, 0.6) is 0 Å². The van der Waals surface area contributed by atoms with Gasteiger partial charge in [0.05, 0.1) is 6.54 Å². The van der Waals surface area contributed by atoms with E-state index in [9.17, 15) is 0 Å². The molecule has 0 saturated heterocycles. The Morgan fingerprint density at radius 3 is 2.55 bits per heavy atom. The Bertz CT molecular complexity index is 503. The summed E-state index contributed by atoms with van der Waals surface area (Å²) in [5.74, 6) is 1.03. The standard InChI is InChI=1S/C16H23N3S/c1-12(2)19(11-15-5-4-8-20-15)16-7-6-14(10-18-16)9-13(3)17/h4-8,10,12-13H,9,11,17H2,1-3H3. The highest BCUT2D eigenvalue weighted by molar-refractivity contribution is 7.09. The molecule has 2 rings (SSSR count). The van der Waals surface area contributed by atoms with Crippen molar-refractivity contribution >= 4 is 17.2 Å². The topological polar surface area (TPSA) is 42.1 Å². The number of hydrogen-bond donors (Lipinski definition) is 1. The minimum atomic E-state index is 0.176. The molecule has 1 atom stereocenters. The van der Waals surface area contributed by atoms with Crippen LogP contribution in [0.4, 0.5) is 5.82 Å². The molecule has 0 aliphatic carbocycles. The van der Waals surface area contributed by atoms with Crippen molar-refractivity contribution in [1.82, 2.24) is 4.98 Å². The van der Waals surface area contributed by atoms with Crippen LogP contribution in [0.25, 0.3) is 0 Å². The maximum Gasteiger partial charge on any atom is 0.129 e. The number of anilines is 1. The first kappa shape index (κ1) is 15.0. The second-order valence-corrected chi connectivity index (χ2v) is 6.54. The third kappa shape index (κ3) is 4.05. The van der Waals surface area contributed by atoms with E-state index in [0.717, 1.165) is 18.8 Å². The van der Waals surface area contributed by atoms with Crippen LogP contribution in [0.15, 0.2) is 35.8 Å². The van der Waals surface area contributed by atoms with E-state index < -0.39 is 0 Å². The average Bonchev–Trinajstić information content (AvgIpc) is 2.89. The lowest BCUT2D eigenvalue weighted by Gasteiger charge is -2.27. The third-order valence-corrected chi connectivity index (χ3v) is 4.05. The molecule has 0 radical (unpaired) electrons. The normalized spacial score (nSPS) is 12.7. The molecule has 1 unspecified atom stereocenters. The molecule has 0 amide bonds. The van der Waals surface area contributed by atoms with Crippen molar-refractivity contribution in [3.8, 4) is 0 Å². The Labute approximate surface area is 125 Å². The third-order valence-electron chi connectivity index (χ3n) is 3.19. The van der Waals surface area contributed by atoms with E-state index in [1.165, 1.54) is 10.4 Å². The highest BCUT2D eigenvalue weighted by Gasteiger charge is 2.13. The van der Waals surface area contributed by atoms with Crippen molar-refractivity contribution in [3.63, 3.8) is 0 Å². The van der Waals surface area contributed by atoms with Gasteiger partial charge in [0, 0.05) is 23.2 Å². The molecule has 2 aromatic heterocycles. The van der Waals surface area contributed by atoms with Gasteiger partial charge in [-0.1, -0.05) is 12.1 Å². The van der Waals surface area contributed by atoms with Gasteiger partial charge in [0.25, 0.3) is 0 Å². The van der Waals surface area contributed by atoms with E-state index in [1.807, 2.05) is 13.1 Å². The lowest BCUT2D eigenvalue weighted by atomic mass is 10.1. The van der Waals surface area contributed by atoms with E-state index in [2.05, 4.69) is 53.4 Å². The van der Waals surface area contributed by atoms with Crippen LogP contribution in [-0.2, 0) is 13.0 Å². The van der Waals surface area contributed by atoms with Crippen molar-refractivity contribution in [1.29, 1.82) is 0 Å². The zero-order valence-corrected chi connectivity index (χ0v) is 13.2. The van der Waals surface area contributed by atoms with E-state index in [4.69, 9.17) is 5.73 Å². The quantitative estimate of drug-likeness (QED) is 0.885. The zero-order chi connectivity index (χ0) is 14.5. The summed E-state index contributed by atoms with van der Waals surface area (Å²) in [6.45, 7) is 7.33. The molecule has 2 heterocycles. The van der Waals surface area contributed by atoms with Gasteiger partial charge in [-0.15, -0.1) is 11.3 Å². The Morgan fingerprint density at radius 2 is 2.05 bits per heavy atom. The van der Waals surface area contributed by atoms with Crippen LogP contribution in [0.3, 0.4) is 0 Å². The molecule has 0 aliphatic rings. The van der Waals surface area contributed by atoms with E-state index in [0.29, 0.717) is 6.04 Å². The van der Waals surface area contributed by atoms with Gasteiger partial charge in [0.1, 0.15) is 5.82 Å². The van der Waals surface area contributed by atoms with Crippen molar-refractivity contribution < 1.29 is 0 Å². The number of nitrogens with zero attached hydrogens (tertiary/aromatic N) is 2. The highest BCUT2D eigenvalue weighted by atomic mass is 32.1. The molecule has 4 heteroatoms. The summed E-state index contributed by atoms with van der Waals surface area (Å²) < 4.78 is 0. The molecule has 0 aliphatic heterocycles. The van der Waals surface area contributed by atoms with Gasteiger partial charge < -0.3 is 10.6 Å². The predicted octanol–water partition coefficient (Wildman–Crippen LogP) is 3.45. The van der Waals surface area contributed by atoms with Gasteiger partial charge >= 0.3 is 0 Å². The Morgan fingerprint density at radius 1 is 1.25 bits per heavy atom. The average molecular weight is 289 g/mol. The van der Waals surface area contributed by atoms with Gasteiger partial charge in [0.2, 0.25) is 0 Å². The van der Waals surface area contributed by atoms with Crippen LogP contribution in [0, 0.1) is 0 Å². The Kier molecular flexibility index (Phi) is 5.15. The first-order valence-electron chi connectivity index (χ1n) is 7.06. The molecule has 20 heavy (non-hydrogen) atoms. The molecule has 0 fully saturated rings. The van der Waals surface area contributed by atoms with Gasteiger partial charge in [-0.05, 0) is 50.3 Å². The van der Waals surface area contributed by atoms with Gasteiger partial charge in [-0.2, -0.15) is 0 Å². The molecule has 0 spiro atoms. The summed E-state index contributed by atoms with van der Waals surface area (Å²) in [6, 6.07) is 9.10. The minimum Gasteiger partial charge on any atom is -0.349 e. The lowest BCUT2D eigenvalue weighted by molar-refractivity contribution is 0.675. The van der Waals surface area contributed by atoms with E-state index >= 15 is 0 Å². The van der Waals surface area contributed by atoms with E-state index in [1.54, 1.807) is 11.3 Å². The van der Waals surface area contributed by atoms with Gasteiger partial charge in [-0.25, -0.2) is 4.98 Å². The number of rotatable bonds is 6. The number of thiophene rings is 1. The fourth-order valence-corrected chi connectivity index (χ4v) is 2.88. The smallest absolute Gasteiger partial charge is 0.129 e. The van der Waals surface area contributed by atoms with Crippen LogP contribution in [0.1, 0.15) is 31.2 Å². The zero-order valence-electron chi connectivity index (χ0n) is 12.4. The lowest BCUT2D eigenvalue weighted by Crippen LogP contribution is -2.30. The summed E-state index contributed by atoms with van der Waals surface area (Å²) >= 11 is 1.79. The second-order valence-electron chi connectivity index (χ2n) is 5.51. The molecule has 108 valence electrons. The first-order valence-corrected chi connectivity index (χ1v) is 7.93. The molecule has 3 nitrogen and oxygen atoms in total. The second kappa shape index (κ2) is 6.86. The summed E-state index contributed by atoms with van der Waals surface area (Å²) in [6.07, 6.45) is 2.82. The van der Waals surface area contributed by atoms with Crippen LogP contribution < -0.4 is 10.6 Å². The first-order chi connectivity index (χ1) is 9.56. The Hall–Kier alpha value is -1.39. The molecule has 2 N–H and O–H groups in total. The fourth-order valence-electron chi connectivity index (χ4n) is 2.18. The summed E-state index contributed by atoms with van der Waals surface area (Å²) in [5, 5.41) is 2.12. The maximum absolute atomic E-state index is 5.82. The van der Waals surface area contributed by atoms with Crippen LogP contribution in [-0.4, -0.2) is 17.1 Å². The monoisotopic (exact) mass is 289 g/mol. The highest BCUT2D eigenvalue weighted by Crippen LogP contribution is 2.20.